The van der Waals surface area contributed by atoms with E-state index < -0.39 is 10.0 Å². The first-order valence-corrected chi connectivity index (χ1v) is 7.92. The lowest BCUT2D eigenvalue weighted by molar-refractivity contribution is 0.521. The molecule has 0 bridgehead atoms. The van der Waals surface area contributed by atoms with Gasteiger partial charge < -0.3 is 5.73 Å². The molecule has 0 spiro atoms. The lowest BCUT2D eigenvalue weighted by atomic mass is 10.0. The SMILES string of the molecule is Cc1cc(N)cc(C)c1S(=O)(=O)NC1CC=CCC1. The Hall–Kier alpha value is -1.33. The molecule has 0 aliphatic heterocycles. The number of hydrogen-bond acceptors (Lipinski definition) is 3. The zero-order valence-electron chi connectivity index (χ0n) is 11.3. The van der Waals surface area contributed by atoms with Gasteiger partial charge in [-0.3, -0.25) is 0 Å². The van der Waals surface area contributed by atoms with E-state index in [1.807, 2.05) is 6.08 Å². The highest BCUT2D eigenvalue weighted by atomic mass is 32.2. The van der Waals surface area contributed by atoms with Crippen LogP contribution in [0, 0.1) is 13.8 Å². The second-order valence-electron chi connectivity index (χ2n) is 5.09. The summed E-state index contributed by atoms with van der Waals surface area (Å²) in [6.07, 6.45) is 6.64. The van der Waals surface area contributed by atoms with E-state index in [1.165, 1.54) is 0 Å². The minimum atomic E-state index is -3.48. The highest BCUT2D eigenvalue weighted by Gasteiger charge is 2.23. The predicted octanol–water partition coefficient (Wildman–Crippen LogP) is 2.27. The summed E-state index contributed by atoms with van der Waals surface area (Å²) in [4.78, 5) is 0.358. The number of hydrogen-bond donors (Lipinski definition) is 2. The number of nitrogens with one attached hydrogen (secondary N) is 1. The standard InChI is InChI=1S/C14H20N2O2S/c1-10-8-12(15)9-11(2)14(10)19(17,18)16-13-6-4-3-5-7-13/h3-4,8-9,13,16H,5-7,15H2,1-2H3. The molecule has 3 N–H and O–H groups in total. The van der Waals surface area contributed by atoms with E-state index in [2.05, 4.69) is 10.8 Å². The van der Waals surface area contributed by atoms with E-state index in [9.17, 15) is 8.42 Å². The molecule has 0 aromatic heterocycles. The number of nitrogens with two attached hydrogens (primary N) is 1. The van der Waals surface area contributed by atoms with Crippen molar-refractivity contribution in [3.63, 3.8) is 0 Å². The van der Waals surface area contributed by atoms with Gasteiger partial charge in [-0.05, 0) is 56.4 Å². The van der Waals surface area contributed by atoms with Crippen LogP contribution in [0.25, 0.3) is 0 Å². The van der Waals surface area contributed by atoms with Crippen molar-refractivity contribution in [2.45, 2.75) is 44.0 Å². The molecule has 0 saturated heterocycles. The van der Waals surface area contributed by atoms with Gasteiger partial charge in [-0.15, -0.1) is 0 Å². The number of rotatable bonds is 3. The Morgan fingerprint density at radius 2 is 1.84 bits per heavy atom. The Kier molecular flexibility index (Phi) is 3.96. The Morgan fingerprint density at radius 3 is 2.37 bits per heavy atom. The number of anilines is 1. The third-order valence-electron chi connectivity index (χ3n) is 3.34. The molecule has 1 atom stereocenters. The van der Waals surface area contributed by atoms with Crippen molar-refractivity contribution in [3.05, 3.63) is 35.4 Å². The summed E-state index contributed by atoms with van der Waals surface area (Å²) in [5.41, 5.74) is 7.71. The van der Waals surface area contributed by atoms with Crippen molar-refractivity contribution in [2.75, 3.05) is 5.73 Å². The van der Waals surface area contributed by atoms with Gasteiger partial charge in [0.25, 0.3) is 0 Å². The van der Waals surface area contributed by atoms with Gasteiger partial charge in [0, 0.05) is 11.7 Å². The molecule has 1 aliphatic carbocycles. The molecule has 2 rings (SSSR count). The predicted molar refractivity (Wildman–Crippen MR) is 77.4 cm³/mol. The maximum atomic E-state index is 12.5. The van der Waals surface area contributed by atoms with Crippen LogP contribution in [-0.2, 0) is 10.0 Å². The van der Waals surface area contributed by atoms with Crippen LogP contribution in [0.2, 0.25) is 0 Å². The molecule has 1 aromatic carbocycles. The number of nitrogen functional groups attached to an aromatic ring is 1. The van der Waals surface area contributed by atoms with Crippen LogP contribution >= 0.6 is 0 Å². The topological polar surface area (TPSA) is 72.2 Å². The minimum absolute atomic E-state index is 0.00801. The number of benzene rings is 1. The summed E-state index contributed by atoms with van der Waals surface area (Å²) in [5, 5.41) is 0. The fourth-order valence-electron chi connectivity index (χ4n) is 2.59. The highest BCUT2D eigenvalue weighted by molar-refractivity contribution is 7.89. The fourth-order valence-corrected chi connectivity index (χ4v) is 4.32. The molecule has 0 radical (unpaired) electrons. The Balaban J connectivity index is 2.32. The zero-order valence-corrected chi connectivity index (χ0v) is 12.1. The van der Waals surface area contributed by atoms with Gasteiger partial charge in [-0.25, -0.2) is 13.1 Å². The maximum Gasteiger partial charge on any atom is 0.241 e. The molecular formula is C14H20N2O2S. The van der Waals surface area contributed by atoms with Gasteiger partial charge in [0.2, 0.25) is 10.0 Å². The van der Waals surface area contributed by atoms with Crippen LogP contribution < -0.4 is 10.5 Å². The van der Waals surface area contributed by atoms with Gasteiger partial charge in [-0.1, -0.05) is 12.2 Å². The molecule has 5 heteroatoms. The van der Waals surface area contributed by atoms with Crippen LogP contribution in [-0.4, -0.2) is 14.5 Å². The van der Waals surface area contributed by atoms with Gasteiger partial charge in [0.1, 0.15) is 0 Å². The summed E-state index contributed by atoms with van der Waals surface area (Å²) in [5.74, 6) is 0. The Bertz CT molecular complexity index is 583. The van der Waals surface area contributed by atoms with Gasteiger partial charge in [0.15, 0.2) is 0 Å². The van der Waals surface area contributed by atoms with E-state index in [0.717, 1.165) is 19.3 Å². The maximum absolute atomic E-state index is 12.5. The van der Waals surface area contributed by atoms with Crippen LogP contribution in [0.4, 0.5) is 5.69 Å². The van der Waals surface area contributed by atoms with Crippen molar-refractivity contribution in [2.24, 2.45) is 0 Å². The summed E-state index contributed by atoms with van der Waals surface area (Å²) in [6.45, 7) is 3.55. The molecular weight excluding hydrogens is 260 g/mol. The molecule has 1 unspecified atom stereocenters. The van der Waals surface area contributed by atoms with Crippen LogP contribution in [0.3, 0.4) is 0 Å². The number of sulfonamides is 1. The van der Waals surface area contributed by atoms with E-state index in [1.54, 1.807) is 26.0 Å². The van der Waals surface area contributed by atoms with Crippen molar-refractivity contribution in [3.8, 4) is 0 Å². The summed E-state index contributed by atoms with van der Waals surface area (Å²) >= 11 is 0. The first-order chi connectivity index (χ1) is 8.90. The van der Waals surface area contributed by atoms with E-state index in [0.29, 0.717) is 21.7 Å². The van der Waals surface area contributed by atoms with Crippen molar-refractivity contribution in [1.82, 2.24) is 4.72 Å². The average Bonchev–Trinajstić information content (AvgIpc) is 2.27. The molecule has 1 aliphatic rings. The second-order valence-corrected chi connectivity index (χ2v) is 6.74. The van der Waals surface area contributed by atoms with E-state index in [-0.39, 0.29) is 6.04 Å². The fraction of sp³-hybridized carbons (Fsp3) is 0.429. The van der Waals surface area contributed by atoms with Crippen LogP contribution in [0.5, 0.6) is 0 Å². The average molecular weight is 280 g/mol. The molecule has 1 aromatic rings. The molecule has 0 fully saturated rings. The Morgan fingerprint density at radius 1 is 1.21 bits per heavy atom. The lowest BCUT2D eigenvalue weighted by Gasteiger charge is -2.21. The molecule has 0 heterocycles. The summed E-state index contributed by atoms with van der Waals surface area (Å²) in [7, 11) is -3.48. The van der Waals surface area contributed by atoms with E-state index >= 15 is 0 Å². The second kappa shape index (κ2) is 5.35. The highest BCUT2D eigenvalue weighted by Crippen LogP contribution is 2.24. The molecule has 0 saturated carbocycles. The quantitative estimate of drug-likeness (QED) is 0.659. The first-order valence-electron chi connectivity index (χ1n) is 6.44. The van der Waals surface area contributed by atoms with Crippen LogP contribution in [0.15, 0.2) is 29.2 Å². The molecule has 19 heavy (non-hydrogen) atoms. The summed E-state index contributed by atoms with van der Waals surface area (Å²) in [6, 6.07) is 3.39. The first kappa shape index (κ1) is 14.1. The monoisotopic (exact) mass is 280 g/mol. The van der Waals surface area contributed by atoms with E-state index in [4.69, 9.17) is 5.73 Å². The smallest absolute Gasteiger partial charge is 0.241 e. The number of allylic oxidation sites excluding steroid dienone is 1. The molecule has 104 valence electrons. The number of aryl methyl sites for hydroxylation is 2. The third kappa shape index (κ3) is 3.16. The molecule has 0 amide bonds. The van der Waals surface area contributed by atoms with Gasteiger partial charge in [-0.2, -0.15) is 0 Å². The van der Waals surface area contributed by atoms with Crippen LogP contribution in [0.1, 0.15) is 30.4 Å². The van der Waals surface area contributed by atoms with Crippen molar-refractivity contribution in [1.29, 1.82) is 0 Å². The summed E-state index contributed by atoms with van der Waals surface area (Å²) < 4.78 is 27.7. The largest absolute Gasteiger partial charge is 0.399 e. The minimum Gasteiger partial charge on any atom is -0.399 e. The van der Waals surface area contributed by atoms with Gasteiger partial charge >= 0.3 is 0 Å². The van der Waals surface area contributed by atoms with Crippen molar-refractivity contribution >= 4 is 15.7 Å². The zero-order chi connectivity index (χ0) is 14.0. The Labute approximate surface area is 114 Å². The van der Waals surface area contributed by atoms with Gasteiger partial charge in [0.05, 0.1) is 4.90 Å². The molecule has 4 nitrogen and oxygen atoms in total. The lowest BCUT2D eigenvalue weighted by Crippen LogP contribution is -2.36. The third-order valence-corrected chi connectivity index (χ3v) is 5.17. The van der Waals surface area contributed by atoms with Crippen molar-refractivity contribution < 1.29 is 8.42 Å². The normalized spacial score (nSPS) is 19.6.